The molecule has 19 heavy (non-hydrogen) atoms. The molecule has 2 rings (SSSR count). The van der Waals surface area contributed by atoms with Gasteiger partial charge in [0.25, 0.3) is 0 Å². The molecule has 1 atom stereocenters. The zero-order chi connectivity index (χ0) is 14.0. The molecule has 0 saturated carbocycles. The van der Waals surface area contributed by atoms with Crippen LogP contribution in [0.4, 0.5) is 8.78 Å². The summed E-state index contributed by atoms with van der Waals surface area (Å²) in [5, 5.41) is 0. The number of pyridine rings is 1. The van der Waals surface area contributed by atoms with Crippen molar-refractivity contribution in [3.63, 3.8) is 0 Å². The molecule has 1 aromatic carbocycles. The molecule has 0 spiro atoms. The first kappa shape index (κ1) is 13.4. The Hall–Kier alpha value is -2.01. The highest BCUT2D eigenvalue weighted by molar-refractivity contribution is 5.41. The zero-order valence-electron chi connectivity index (χ0n) is 10.7. The first-order valence-corrected chi connectivity index (χ1v) is 5.74. The van der Waals surface area contributed by atoms with Crippen molar-refractivity contribution in [2.75, 3.05) is 7.11 Å². The molecule has 0 bridgehead atoms. The van der Waals surface area contributed by atoms with Crippen LogP contribution >= 0.6 is 0 Å². The number of hydrogen-bond acceptors (Lipinski definition) is 3. The van der Waals surface area contributed by atoms with Gasteiger partial charge in [0.1, 0.15) is 17.4 Å². The molecule has 0 amide bonds. The van der Waals surface area contributed by atoms with Crippen LogP contribution in [0, 0.1) is 18.6 Å². The molecule has 0 aliphatic carbocycles. The molecule has 0 saturated heterocycles. The molecule has 100 valence electrons. The van der Waals surface area contributed by atoms with Crippen molar-refractivity contribution in [2.24, 2.45) is 5.73 Å². The monoisotopic (exact) mass is 264 g/mol. The van der Waals surface area contributed by atoms with Gasteiger partial charge in [0.15, 0.2) is 0 Å². The lowest BCUT2D eigenvalue weighted by Gasteiger charge is -2.17. The number of nitrogens with two attached hydrogens (primary N) is 1. The second kappa shape index (κ2) is 5.32. The molecule has 1 heterocycles. The van der Waals surface area contributed by atoms with Gasteiger partial charge in [-0.05, 0) is 24.6 Å². The Labute approximate surface area is 110 Å². The van der Waals surface area contributed by atoms with E-state index in [9.17, 15) is 8.78 Å². The van der Waals surface area contributed by atoms with Crippen molar-refractivity contribution in [2.45, 2.75) is 13.0 Å². The quantitative estimate of drug-likeness (QED) is 0.927. The first-order valence-electron chi connectivity index (χ1n) is 5.74. The Morgan fingerprint density at radius 3 is 2.68 bits per heavy atom. The average molecular weight is 264 g/mol. The molecule has 2 N–H and O–H groups in total. The molecule has 1 unspecified atom stereocenters. The van der Waals surface area contributed by atoms with Crippen LogP contribution in [-0.4, -0.2) is 12.1 Å². The van der Waals surface area contributed by atoms with Crippen molar-refractivity contribution in [3.8, 4) is 5.75 Å². The first-order chi connectivity index (χ1) is 9.06. The third-order valence-corrected chi connectivity index (χ3v) is 3.00. The summed E-state index contributed by atoms with van der Waals surface area (Å²) in [6.07, 6.45) is 2.96. The Kier molecular flexibility index (Phi) is 3.76. The molecule has 3 nitrogen and oxygen atoms in total. The van der Waals surface area contributed by atoms with Gasteiger partial charge in [-0.2, -0.15) is 0 Å². The maximum atomic E-state index is 14.1. The van der Waals surface area contributed by atoms with E-state index in [-0.39, 0.29) is 5.56 Å². The number of aryl methyl sites for hydroxylation is 1. The minimum atomic E-state index is -0.946. The van der Waals surface area contributed by atoms with Gasteiger partial charge >= 0.3 is 0 Å². The number of methoxy groups -OCH3 is 1. The number of rotatable bonds is 3. The average Bonchev–Trinajstić information content (AvgIpc) is 2.43. The van der Waals surface area contributed by atoms with Gasteiger partial charge in [-0.25, -0.2) is 8.78 Å². The second-order valence-corrected chi connectivity index (χ2v) is 4.19. The maximum Gasteiger partial charge on any atom is 0.142 e. The lowest BCUT2D eigenvalue weighted by molar-refractivity contribution is 0.404. The van der Waals surface area contributed by atoms with E-state index < -0.39 is 17.7 Å². The largest absolute Gasteiger partial charge is 0.495 e. The van der Waals surface area contributed by atoms with Gasteiger partial charge in [-0.3, -0.25) is 4.98 Å². The zero-order valence-corrected chi connectivity index (χ0v) is 10.7. The van der Waals surface area contributed by atoms with Crippen LogP contribution in [-0.2, 0) is 0 Å². The Morgan fingerprint density at radius 1 is 1.26 bits per heavy atom. The molecule has 0 aliphatic rings. The molecule has 1 aromatic heterocycles. The second-order valence-electron chi connectivity index (χ2n) is 4.19. The van der Waals surface area contributed by atoms with Gasteiger partial charge in [0.05, 0.1) is 19.3 Å². The van der Waals surface area contributed by atoms with Gasteiger partial charge in [-0.15, -0.1) is 0 Å². The molecule has 0 radical (unpaired) electrons. The van der Waals surface area contributed by atoms with E-state index in [2.05, 4.69) is 4.98 Å². The SMILES string of the molecule is COc1cnccc1C(N)c1c(F)ccc(C)c1F. The van der Waals surface area contributed by atoms with E-state index >= 15 is 0 Å². The van der Waals surface area contributed by atoms with Crippen LogP contribution < -0.4 is 10.5 Å². The predicted octanol–water partition coefficient (Wildman–Crippen LogP) is 2.72. The van der Waals surface area contributed by atoms with Crippen LogP contribution in [0.2, 0.25) is 0 Å². The van der Waals surface area contributed by atoms with Gasteiger partial charge < -0.3 is 10.5 Å². The Balaban J connectivity index is 2.56. The van der Waals surface area contributed by atoms with E-state index in [1.165, 1.54) is 31.6 Å². The van der Waals surface area contributed by atoms with Crippen LogP contribution in [0.5, 0.6) is 5.75 Å². The van der Waals surface area contributed by atoms with Crippen molar-refractivity contribution in [3.05, 3.63) is 58.9 Å². The summed E-state index contributed by atoms with van der Waals surface area (Å²) < 4.78 is 33.0. The summed E-state index contributed by atoms with van der Waals surface area (Å²) in [6.45, 7) is 1.56. The minimum Gasteiger partial charge on any atom is -0.495 e. The molecule has 0 fully saturated rings. The van der Waals surface area contributed by atoms with Crippen LogP contribution in [0.15, 0.2) is 30.6 Å². The predicted molar refractivity (Wildman–Crippen MR) is 67.9 cm³/mol. The summed E-state index contributed by atoms with van der Waals surface area (Å²) in [7, 11) is 1.45. The normalized spacial score (nSPS) is 12.3. The smallest absolute Gasteiger partial charge is 0.142 e. The molecule has 5 heteroatoms. The fraction of sp³-hybridized carbons (Fsp3) is 0.214. The number of aromatic nitrogens is 1. The third kappa shape index (κ3) is 2.42. The highest BCUT2D eigenvalue weighted by atomic mass is 19.1. The van der Waals surface area contributed by atoms with Crippen LogP contribution in [0.1, 0.15) is 22.7 Å². The lowest BCUT2D eigenvalue weighted by atomic mass is 9.97. The van der Waals surface area contributed by atoms with Crippen LogP contribution in [0.25, 0.3) is 0 Å². The Morgan fingerprint density at radius 2 is 2.00 bits per heavy atom. The van der Waals surface area contributed by atoms with E-state index in [4.69, 9.17) is 10.5 Å². The number of hydrogen-bond donors (Lipinski definition) is 1. The maximum absolute atomic E-state index is 14.1. The molecular weight excluding hydrogens is 250 g/mol. The number of halogens is 2. The van der Waals surface area contributed by atoms with Crippen molar-refractivity contribution < 1.29 is 13.5 Å². The fourth-order valence-corrected chi connectivity index (χ4v) is 1.94. The lowest BCUT2D eigenvalue weighted by Crippen LogP contribution is -2.17. The molecule has 2 aromatic rings. The van der Waals surface area contributed by atoms with E-state index in [1.54, 1.807) is 13.0 Å². The van der Waals surface area contributed by atoms with E-state index in [1.807, 2.05) is 0 Å². The van der Waals surface area contributed by atoms with Gasteiger partial charge in [-0.1, -0.05) is 6.07 Å². The molecule has 0 aliphatic heterocycles. The summed E-state index contributed by atoms with van der Waals surface area (Å²) in [6, 6.07) is 3.23. The standard InChI is InChI=1S/C14H14F2N2O/c1-8-3-4-10(15)12(13(8)16)14(17)9-5-6-18-7-11(9)19-2/h3-7,14H,17H2,1-2H3. The molecular formula is C14H14F2N2O. The topological polar surface area (TPSA) is 48.1 Å². The fourth-order valence-electron chi connectivity index (χ4n) is 1.94. The van der Waals surface area contributed by atoms with E-state index in [0.29, 0.717) is 16.9 Å². The summed E-state index contributed by atoms with van der Waals surface area (Å²) >= 11 is 0. The van der Waals surface area contributed by atoms with Crippen molar-refractivity contribution in [1.29, 1.82) is 0 Å². The highest BCUT2D eigenvalue weighted by Crippen LogP contribution is 2.31. The summed E-state index contributed by atoms with van der Waals surface area (Å²) in [4.78, 5) is 3.89. The van der Waals surface area contributed by atoms with Gasteiger partial charge in [0, 0.05) is 17.3 Å². The Bertz CT molecular complexity index is 602. The summed E-state index contributed by atoms with van der Waals surface area (Å²) in [5.41, 5.74) is 6.65. The number of ether oxygens (including phenoxy) is 1. The highest BCUT2D eigenvalue weighted by Gasteiger charge is 2.22. The van der Waals surface area contributed by atoms with Gasteiger partial charge in [0.2, 0.25) is 0 Å². The van der Waals surface area contributed by atoms with Crippen molar-refractivity contribution in [1.82, 2.24) is 4.98 Å². The van der Waals surface area contributed by atoms with Crippen molar-refractivity contribution >= 4 is 0 Å². The minimum absolute atomic E-state index is 0.162. The number of benzene rings is 1. The van der Waals surface area contributed by atoms with E-state index in [0.717, 1.165) is 0 Å². The summed E-state index contributed by atoms with van der Waals surface area (Å²) in [5.74, 6) is -0.906. The van der Waals surface area contributed by atoms with Crippen LogP contribution in [0.3, 0.4) is 0 Å². The number of nitrogens with zero attached hydrogens (tertiary/aromatic N) is 1. The third-order valence-electron chi connectivity index (χ3n) is 3.00.